The van der Waals surface area contributed by atoms with Gasteiger partial charge in [0, 0.05) is 36.5 Å². The van der Waals surface area contributed by atoms with Crippen LogP contribution in [-0.4, -0.2) is 35.5 Å². The van der Waals surface area contributed by atoms with E-state index in [4.69, 9.17) is 4.74 Å². The van der Waals surface area contributed by atoms with Crippen LogP contribution >= 0.6 is 0 Å². The van der Waals surface area contributed by atoms with Gasteiger partial charge in [-0.05, 0) is 55.7 Å². The molecule has 3 rings (SSSR count). The summed E-state index contributed by atoms with van der Waals surface area (Å²) in [5, 5.41) is 0. The molecule has 5 heteroatoms. The zero-order chi connectivity index (χ0) is 17.6. The minimum absolute atomic E-state index is 0.0589. The summed E-state index contributed by atoms with van der Waals surface area (Å²) in [6, 6.07) is 9.69. The van der Waals surface area contributed by atoms with Gasteiger partial charge >= 0.3 is 0 Å². The topological polar surface area (TPSA) is 42.4 Å². The molecule has 132 valence electrons. The zero-order valence-electron chi connectivity index (χ0n) is 14.5. The second-order valence-electron chi connectivity index (χ2n) is 6.41. The average molecular weight is 342 g/mol. The standard InChI is InChI=1S/C20H23FN2O2/c1-2-18-12-16(9-10-22-18)20(24)23-11-3-4-15(13-23)14-25-19-7-5-17(21)6-8-19/h5-10,12,15H,2-4,11,13-14H2,1H3/t15-/m0/s1. The maximum atomic E-state index is 12.9. The van der Waals surface area contributed by atoms with Gasteiger partial charge in [-0.1, -0.05) is 6.92 Å². The Balaban J connectivity index is 1.58. The fourth-order valence-electron chi connectivity index (χ4n) is 3.12. The molecule has 1 saturated heterocycles. The number of rotatable bonds is 5. The number of hydrogen-bond donors (Lipinski definition) is 0. The van der Waals surface area contributed by atoms with Crippen LogP contribution in [0.5, 0.6) is 5.75 Å². The first-order chi connectivity index (χ1) is 12.2. The molecule has 1 aromatic carbocycles. The number of aromatic nitrogens is 1. The summed E-state index contributed by atoms with van der Waals surface area (Å²) in [5.74, 6) is 0.732. The van der Waals surface area contributed by atoms with E-state index >= 15 is 0 Å². The lowest BCUT2D eigenvalue weighted by Gasteiger charge is -2.32. The van der Waals surface area contributed by atoms with Crippen molar-refractivity contribution in [3.63, 3.8) is 0 Å². The van der Waals surface area contributed by atoms with E-state index in [1.165, 1.54) is 12.1 Å². The monoisotopic (exact) mass is 342 g/mol. The van der Waals surface area contributed by atoms with Crippen LogP contribution in [0.15, 0.2) is 42.6 Å². The maximum absolute atomic E-state index is 12.9. The third-order valence-electron chi connectivity index (χ3n) is 4.53. The summed E-state index contributed by atoms with van der Waals surface area (Å²) in [4.78, 5) is 18.9. The van der Waals surface area contributed by atoms with Crippen LogP contribution in [-0.2, 0) is 6.42 Å². The second-order valence-corrected chi connectivity index (χ2v) is 6.41. The fraction of sp³-hybridized carbons (Fsp3) is 0.400. The van der Waals surface area contributed by atoms with Crippen molar-refractivity contribution in [1.82, 2.24) is 9.88 Å². The Hall–Kier alpha value is -2.43. The highest BCUT2D eigenvalue weighted by Crippen LogP contribution is 2.21. The van der Waals surface area contributed by atoms with E-state index in [1.54, 1.807) is 24.4 Å². The summed E-state index contributed by atoms with van der Waals surface area (Å²) in [6.45, 7) is 4.02. The molecular weight excluding hydrogens is 319 g/mol. The molecule has 2 aromatic rings. The van der Waals surface area contributed by atoms with Crippen molar-refractivity contribution in [2.45, 2.75) is 26.2 Å². The summed E-state index contributed by atoms with van der Waals surface area (Å²) in [5.41, 5.74) is 1.63. The molecule has 25 heavy (non-hydrogen) atoms. The maximum Gasteiger partial charge on any atom is 0.253 e. The first-order valence-electron chi connectivity index (χ1n) is 8.78. The molecule has 0 spiro atoms. The van der Waals surface area contributed by atoms with Crippen LogP contribution in [0.25, 0.3) is 0 Å². The Kier molecular flexibility index (Phi) is 5.64. The van der Waals surface area contributed by atoms with Gasteiger partial charge in [0.1, 0.15) is 11.6 Å². The van der Waals surface area contributed by atoms with Crippen molar-refractivity contribution in [2.75, 3.05) is 19.7 Å². The highest BCUT2D eigenvalue weighted by molar-refractivity contribution is 5.94. The highest BCUT2D eigenvalue weighted by Gasteiger charge is 2.25. The molecule has 0 unspecified atom stereocenters. The van der Waals surface area contributed by atoms with Crippen LogP contribution in [0.3, 0.4) is 0 Å². The molecule has 1 aromatic heterocycles. The number of ether oxygens (including phenoxy) is 1. The van der Waals surface area contributed by atoms with Gasteiger partial charge in [0.2, 0.25) is 0 Å². The van der Waals surface area contributed by atoms with Gasteiger partial charge < -0.3 is 9.64 Å². The second kappa shape index (κ2) is 8.10. The number of amides is 1. The Morgan fingerprint density at radius 3 is 2.88 bits per heavy atom. The molecule has 0 bridgehead atoms. The molecule has 0 radical (unpaired) electrons. The van der Waals surface area contributed by atoms with Gasteiger partial charge in [0.25, 0.3) is 5.91 Å². The molecule has 0 saturated carbocycles. The van der Waals surface area contributed by atoms with E-state index in [1.807, 2.05) is 17.9 Å². The van der Waals surface area contributed by atoms with Crippen LogP contribution in [0, 0.1) is 11.7 Å². The highest BCUT2D eigenvalue weighted by atomic mass is 19.1. The fourth-order valence-corrected chi connectivity index (χ4v) is 3.12. The Bertz CT molecular complexity index is 718. The van der Waals surface area contributed by atoms with Crippen molar-refractivity contribution in [1.29, 1.82) is 0 Å². The van der Waals surface area contributed by atoms with Crippen molar-refractivity contribution < 1.29 is 13.9 Å². The summed E-state index contributed by atoms with van der Waals surface area (Å²) in [7, 11) is 0. The van der Waals surface area contributed by atoms with Crippen molar-refractivity contribution >= 4 is 5.91 Å². The van der Waals surface area contributed by atoms with E-state index < -0.39 is 0 Å². The molecule has 1 aliphatic rings. The van der Waals surface area contributed by atoms with Crippen LogP contribution < -0.4 is 4.74 Å². The number of piperidine rings is 1. The number of benzene rings is 1. The SMILES string of the molecule is CCc1cc(C(=O)N2CCC[C@H](COc3ccc(F)cc3)C2)ccn1. The Morgan fingerprint density at radius 2 is 2.12 bits per heavy atom. The largest absolute Gasteiger partial charge is 0.493 e. The number of hydrogen-bond acceptors (Lipinski definition) is 3. The quantitative estimate of drug-likeness (QED) is 0.832. The number of nitrogens with zero attached hydrogens (tertiary/aromatic N) is 2. The normalized spacial score (nSPS) is 17.4. The molecule has 2 heterocycles. The average Bonchev–Trinajstić information content (AvgIpc) is 2.67. The third kappa shape index (κ3) is 4.56. The molecule has 1 aliphatic heterocycles. The molecule has 1 atom stereocenters. The van der Waals surface area contributed by atoms with Crippen LogP contribution in [0.1, 0.15) is 35.8 Å². The predicted octanol–water partition coefficient (Wildman–Crippen LogP) is 3.71. The lowest BCUT2D eigenvalue weighted by atomic mass is 9.98. The number of likely N-dealkylation sites (tertiary alicyclic amines) is 1. The third-order valence-corrected chi connectivity index (χ3v) is 4.53. The number of carbonyl (C=O) groups excluding carboxylic acids is 1. The van der Waals surface area contributed by atoms with Gasteiger partial charge in [0.05, 0.1) is 6.61 Å². The van der Waals surface area contributed by atoms with Gasteiger partial charge in [-0.3, -0.25) is 9.78 Å². The summed E-state index contributed by atoms with van der Waals surface area (Å²) in [6.07, 6.45) is 4.51. The summed E-state index contributed by atoms with van der Waals surface area (Å²) >= 11 is 0. The minimum atomic E-state index is -0.273. The molecular formula is C20H23FN2O2. The number of aryl methyl sites for hydroxylation is 1. The van der Waals surface area contributed by atoms with E-state index in [2.05, 4.69) is 4.98 Å². The Labute approximate surface area is 147 Å². The van der Waals surface area contributed by atoms with Crippen molar-refractivity contribution in [3.05, 3.63) is 59.7 Å². The van der Waals surface area contributed by atoms with Crippen LogP contribution in [0.2, 0.25) is 0 Å². The van der Waals surface area contributed by atoms with E-state index in [-0.39, 0.29) is 17.6 Å². The number of pyridine rings is 1. The van der Waals surface area contributed by atoms with E-state index in [0.717, 1.165) is 31.5 Å². The van der Waals surface area contributed by atoms with Crippen LogP contribution in [0.4, 0.5) is 4.39 Å². The first kappa shape index (κ1) is 17.4. The predicted molar refractivity (Wildman–Crippen MR) is 94.1 cm³/mol. The summed E-state index contributed by atoms with van der Waals surface area (Å²) < 4.78 is 18.7. The first-order valence-corrected chi connectivity index (χ1v) is 8.78. The number of carbonyl (C=O) groups is 1. The van der Waals surface area contributed by atoms with Gasteiger partial charge in [-0.2, -0.15) is 0 Å². The number of halogens is 1. The zero-order valence-corrected chi connectivity index (χ0v) is 14.5. The smallest absolute Gasteiger partial charge is 0.253 e. The molecule has 4 nitrogen and oxygen atoms in total. The van der Waals surface area contributed by atoms with Gasteiger partial charge in [-0.15, -0.1) is 0 Å². The molecule has 0 N–H and O–H groups in total. The Morgan fingerprint density at radius 1 is 1.32 bits per heavy atom. The van der Waals surface area contributed by atoms with E-state index in [9.17, 15) is 9.18 Å². The van der Waals surface area contributed by atoms with Crippen molar-refractivity contribution in [2.24, 2.45) is 5.92 Å². The molecule has 0 aliphatic carbocycles. The molecule has 1 fully saturated rings. The van der Waals surface area contributed by atoms with Gasteiger partial charge in [-0.25, -0.2) is 4.39 Å². The lowest BCUT2D eigenvalue weighted by molar-refractivity contribution is 0.0633. The lowest BCUT2D eigenvalue weighted by Crippen LogP contribution is -2.41. The van der Waals surface area contributed by atoms with Crippen molar-refractivity contribution in [3.8, 4) is 5.75 Å². The minimum Gasteiger partial charge on any atom is -0.493 e. The molecule has 1 amide bonds. The van der Waals surface area contributed by atoms with E-state index in [0.29, 0.717) is 24.5 Å². The van der Waals surface area contributed by atoms with Gasteiger partial charge in [0.15, 0.2) is 0 Å².